The number of sulfone groups is 1. The number of nitrogens with one attached hydrogen (secondary N) is 1. The van der Waals surface area contributed by atoms with Crippen LogP contribution in [-0.2, 0) is 19.9 Å². The predicted octanol–water partition coefficient (Wildman–Crippen LogP) is 1.18. The second-order valence-corrected chi connectivity index (χ2v) is 7.99. The highest BCUT2D eigenvalue weighted by Crippen LogP contribution is 2.22. The Kier molecular flexibility index (Phi) is 3.98. The van der Waals surface area contributed by atoms with E-state index < -0.39 is 25.8 Å². The summed E-state index contributed by atoms with van der Waals surface area (Å²) in [5.41, 5.74) is -0.559. The van der Waals surface area contributed by atoms with E-state index in [1.165, 1.54) is 12.1 Å². The number of hydrogen-bond donors (Lipinski definition) is 2. The number of benzene rings is 1. The molecule has 8 nitrogen and oxygen atoms in total. The van der Waals surface area contributed by atoms with E-state index in [1.807, 2.05) is 0 Å². The largest absolute Gasteiger partial charge is 0.478 e. The van der Waals surface area contributed by atoms with Gasteiger partial charge in [0.25, 0.3) is 10.0 Å². The number of anilines is 1. The number of carboxylic acids is 1. The third-order valence-electron chi connectivity index (χ3n) is 2.59. The van der Waals surface area contributed by atoms with Crippen molar-refractivity contribution in [3.63, 3.8) is 0 Å². The minimum atomic E-state index is -4.08. The molecule has 2 N–H and O–H groups in total. The highest BCUT2D eigenvalue weighted by molar-refractivity contribution is 7.92. The molecular weight excluding hydrogens is 334 g/mol. The lowest BCUT2D eigenvalue weighted by Crippen LogP contribution is -2.13. The van der Waals surface area contributed by atoms with Gasteiger partial charge in [-0.3, -0.25) is 4.72 Å². The molecule has 1 aromatic heterocycles. The van der Waals surface area contributed by atoms with Crippen molar-refractivity contribution in [3.05, 3.63) is 42.2 Å². The van der Waals surface area contributed by atoms with Crippen LogP contribution >= 0.6 is 0 Å². The van der Waals surface area contributed by atoms with Crippen molar-refractivity contribution in [1.82, 2.24) is 0 Å². The number of rotatable bonds is 5. The molecule has 0 amide bonds. The third kappa shape index (κ3) is 3.46. The van der Waals surface area contributed by atoms with Crippen molar-refractivity contribution in [2.24, 2.45) is 0 Å². The van der Waals surface area contributed by atoms with Crippen LogP contribution in [-0.4, -0.2) is 34.2 Å². The Morgan fingerprint density at radius 2 is 1.86 bits per heavy atom. The van der Waals surface area contributed by atoms with Crippen molar-refractivity contribution < 1.29 is 31.2 Å². The van der Waals surface area contributed by atoms with Gasteiger partial charge in [-0.1, -0.05) is 0 Å². The third-order valence-corrected chi connectivity index (χ3v) is 4.95. The summed E-state index contributed by atoms with van der Waals surface area (Å²) in [6.45, 7) is 0. The smallest absolute Gasteiger partial charge is 0.335 e. The van der Waals surface area contributed by atoms with Gasteiger partial charge in [0.2, 0.25) is 5.09 Å². The Morgan fingerprint density at radius 1 is 1.18 bits per heavy atom. The zero-order chi connectivity index (χ0) is 16.5. The summed E-state index contributed by atoms with van der Waals surface area (Å²) in [7, 11) is -7.79. The van der Waals surface area contributed by atoms with Crippen LogP contribution in [0.4, 0.5) is 5.69 Å². The SMILES string of the molecule is CS(=O)(=O)c1cc(NS(=O)(=O)c2ccco2)cc(C(=O)O)c1. The molecule has 118 valence electrons. The standard InChI is InChI=1S/C12H11NO7S2/c1-21(16,17)10-6-8(12(14)15)5-9(7-10)13-22(18,19)11-3-2-4-20-11/h2-7,13H,1H3,(H,14,15). The lowest BCUT2D eigenvalue weighted by atomic mass is 10.2. The highest BCUT2D eigenvalue weighted by Gasteiger charge is 2.20. The van der Waals surface area contributed by atoms with Gasteiger partial charge >= 0.3 is 5.97 Å². The summed E-state index contributed by atoms with van der Waals surface area (Å²) in [4.78, 5) is 10.7. The first-order chi connectivity index (χ1) is 10.1. The van der Waals surface area contributed by atoms with Crippen LogP contribution in [0.15, 0.2) is 51.0 Å². The monoisotopic (exact) mass is 345 g/mol. The van der Waals surface area contributed by atoms with E-state index in [0.717, 1.165) is 30.7 Å². The lowest BCUT2D eigenvalue weighted by molar-refractivity contribution is 0.0696. The summed E-state index contributed by atoms with van der Waals surface area (Å²) in [6.07, 6.45) is 2.04. The molecule has 0 radical (unpaired) electrons. The van der Waals surface area contributed by atoms with Crippen molar-refractivity contribution in [2.75, 3.05) is 11.0 Å². The summed E-state index contributed by atoms with van der Waals surface area (Å²) in [6, 6.07) is 5.55. The van der Waals surface area contributed by atoms with Gasteiger partial charge in [-0.2, -0.15) is 8.42 Å². The molecule has 0 bridgehead atoms. The molecule has 22 heavy (non-hydrogen) atoms. The van der Waals surface area contributed by atoms with Gasteiger partial charge in [0.15, 0.2) is 9.84 Å². The number of hydrogen-bond acceptors (Lipinski definition) is 6. The average Bonchev–Trinajstić information content (AvgIpc) is 2.91. The normalized spacial score (nSPS) is 12.0. The van der Waals surface area contributed by atoms with Gasteiger partial charge in [0, 0.05) is 6.26 Å². The van der Waals surface area contributed by atoms with Crippen molar-refractivity contribution in [3.8, 4) is 0 Å². The molecule has 0 unspecified atom stereocenters. The maximum absolute atomic E-state index is 12.0. The van der Waals surface area contributed by atoms with E-state index in [4.69, 9.17) is 9.52 Å². The molecule has 2 rings (SSSR count). The number of carboxylic acid groups (broad SMARTS) is 1. The molecule has 0 atom stereocenters. The number of aromatic carboxylic acids is 1. The number of furan rings is 1. The van der Waals surface area contributed by atoms with Crippen molar-refractivity contribution in [2.45, 2.75) is 9.99 Å². The second-order valence-electron chi connectivity index (χ2n) is 4.36. The summed E-state index contributed by atoms with van der Waals surface area (Å²) in [5, 5.41) is 8.61. The van der Waals surface area contributed by atoms with Gasteiger partial charge in [0.1, 0.15) is 0 Å². The van der Waals surface area contributed by atoms with E-state index in [-0.39, 0.29) is 21.2 Å². The van der Waals surface area contributed by atoms with Gasteiger partial charge in [-0.15, -0.1) is 0 Å². The van der Waals surface area contributed by atoms with E-state index in [9.17, 15) is 21.6 Å². The van der Waals surface area contributed by atoms with Gasteiger partial charge < -0.3 is 9.52 Å². The minimum absolute atomic E-state index is 0.197. The van der Waals surface area contributed by atoms with Crippen LogP contribution in [0.1, 0.15) is 10.4 Å². The van der Waals surface area contributed by atoms with Crippen LogP contribution in [0.5, 0.6) is 0 Å². The zero-order valence-electron chi connectivity index (χ0n) is 11.2. The quantitative estimate of drug-likeness (QED) is 0.832. The number of sulfonamides is 1. The number of carbonyl (C=O) groups is 1. The topological polar surface area (TPSA) is 131 Å². The minimum Gasteiger partial charge on any atom is -0.478 e. The first kappa shape index (κ1) is 16.0. The average molecular weight is 345 g/mol. The molecule has 0 aliphatic rings. The van der Waals surface area contributed by atoms with Gasteiger partial charge in [0.05, 0.1) is 22.4 Å². The Balaban J connectivity index is 2.52. The van der Waals surface area contributed by atoms with Crippen molar-refractivity contribution in [1.29, 1.82) is 0 Å². The van der Waals surface area contributed by atoms with E-state index >= 15 is 0 Å². The Bertz CT molecular complexity index is 912. The van der Waals surface area contributed by atoms with E-state index in [1.54, 1.807) is 0 Å². The molecule has 0 aliphatic heterocycles. The Labute approximate surface area is 126 Å². The maximum Gasteiger partial charge on any atom is 0.335 e. The van der Waals surface area contributed by atoms with Crippen LogP contribution in [0.25, 0.3) is 0 Å². The molecule has 10 heteroatoms. The fourth-order valence-corrected chi connectivity index (χ4v) is 3.27. The molecule has 0 fully saturated rings. The first-order valence-electron chi connectivity index (χ1n) is 5.74. The van der Waals surface area contributed by atoms with Crippen LogP contribution in [0, 0.1) is 0 Å². The van der Waals surface area contributed by atoms with Crippen LogP contribution in [0.3, 0.4) is 0 Å². The maximum atomic E-state index is 12.0. The molecule has 0 aliphatic carbocycles. The second kappa shape index (κ2) is 5.46. The molecular formula is C12H11NO7S2. The van der Waals surface area contributed by atoms with Crippen LogP contribution < -0.4 is 4.72 Å². The van der Waals surface area contributed by atoms with E-state index in [2.05, 4.69) is 4.72 Å². The summed E-state index contributed by atoms with van der Waals surface area (Å²) < 4.78 is 54.0. The summed E-state index contributed by atoms with van der Waals surface area (Å²) >= 11 is 0. The van der Waals surface area contributed by atoms with E-state index in [0.29, 0.717) is 0 Å². The van der Waals surface area contributed by atoms with Crippen molar-refractivity contribution >= 4 is 31.5 Å². The predicted molar refractivity (Wildman–Crippen MR) is 76.0 cm³/mol. The lowest BCUT2D eigenvalue weighted by Gasteiger charge is -2.09. The molecule has 0 saturated heterocycles. The zero-order valence-corrected chi connectivity index (χ0v) is 12.8. The fraction of sp³-hybridized carbons (Fsp3) is 0.0833. The van der Waals surface area contributed by atoms with Gasteiger partial charge in [-0.05, 0) is 30.3 Å². The molecule has 1 aromatic carbocycles. The molecule has 2 aromatic rings. The fourth-order valence-electron chi connectivity index (χ4n) is 1.62. The summed E-state index contributed by atoms with van der Waals surface area (Å²) in [5.74, 6) is -1.39. The van der Waals surface area contributed by atoms with Crippen LogP contribution in [0.2, 0.25) is 0 Å². The molecule has 0 saturated carbocycles. The molecule has 0 spiro atoms. The Hall–Kier alpha value is -2.33. The first-order valence-corrected chi connectivity index (χ1v) is 9.12. The highest BCUT2D eigenvalue weighted by atomic mass is 32.2. The Morgan fingerprint density at radius 3 is 2.36 bits per heavy atom. The van der Waals surface area contributed by atoms with Gasteiger partial charge in [-0.25, -0.2) is 13.2 Å². The molecule has 1 heterocycles.